The molecule has 0 aliphatic carbocycles. The number of hydrogen-bond acceptors (Lipinski definition) is 0. The summed E-state index contributed by atoms with van der Waals surface area (Å²) in [4.78, 5) is 0. The first kappa shape index (κ1) is 35.9. The Kier molecular flexibility index (Phi) is 18.9. The first-order chi connectivity index (χ1) is 13.4. The molecule has 0 spiro atoms. The molecule has 0 unspecified atom stereocenters. The average Bonchev–Trinajstić information content (AvgIpc) is 3.30. The fourth-order valence-electron chi connectivity index (χ4n) is 3.50. The number of benzene rings is 2. The first-order valence-corrected chi connectivity index (χ1v) is 14.1. The average molecular weight is 565 g/mol. The van der Waals surface area contributed by atoms with Gasteiger partial charge >= 0.3 is 30.2 Å². The zero-order valence-electron chi connectivity index (χ0n) is 20.7. The summed E-state index contributed by atoms with van der Waals surface area (Å²) in [5.74, 6) is 1.26. The van der Waals surface area contributed by atoms with E-state index in [1.807, 2.05) is 0 Å². The van der Waals surface area contributed by atoms with E-state index in [-0.39, 0.29) is 39.7 Å². The van der Waals surface area contributed by atoms with Crippen LogP contribution in [-0.4, -0.2) is 6.88 Å². The molecule has 0 nitrogen and oxygen atoms in total. The van der Waals surface area contributed by atoms with E-state index in [2.05, 4.69) is 109 Å². The Hall–Kier alpha value is -0.660. The van der Waals surface area contributed by atoms with Gasteiger partial charge in [0.2, 0.25) is 0 Å². The van der Waals surface area contributed by atoms with Gasteiger partial charge in [-0.1, -0.05) is 51.0 Å². The molecule has 0 saturated carbocycles. The predicted molar refractivity (Wildman–Crippen MR) is 150 cm³/mol. The van der Waals surface area contributed by atoms with Crippen LogP contribution >= 0.6 is 24.8 Å². The Labute approximate surface area is 226 Å². The van der Waals surface area contributed by atoms with Gasteiger partial charge in [-0.25, -0.2) is 0 Å². The van der Waals surface area contributed by atoms with Gasteiger partial charge in [-0.3, -0.25) is 0 Å². The van der Waals surface area contributed by atoms with E-state index < -0.39 is 0 Å². The van der Waals surface area contributed by atoms with E-state index in [9.17, 15) is 0 Å². The van der Waals surface area contributed by atoms with Crippen LogP contribution in [0.2, 0.25) is 0 Å². The normalized spacial score (nSPS) is 9.34. The van der Waals surface area contributed by atoms with Crippen molar-refractivity contribution in [3.05, 3.63) is 97.8 Å². The van der Waals surface area contributed by atoms with Gasteiger partial charge in [-0.2, -0.15) is 12.1 Å². The second kappa shape index (κ2) is 16.9. The van der Waals surface area contributed by atoms with Gasteiger partial charge in [0.25, 0.3) is 0 Å². The van der Waals surface area contributed by atoms with Crippen LogP contribution < -0.4 is 0 Å². The second-order valence-electron chi connectivity index (χ2n) is 8.04. The molecule has 0 fully saturated rings. The summed E-state index contributed by atoms with van der Waals surface area (Å²) < 4.78 is 0. The van der Waals surface area contributed by atoms with E-state index >= 15 is 0 Å². The minimum atomic E-state index is 0. The summed E-state index contributed by atoms with van der Waals surface area (Å²) >= 11 is 1.36. The maximum atomic E-state index is 3.06. The van der Waals surface area contributed by atoms with Crippen molar-refractivity contribution < 1.29 is 23.3 Å². The Morgan fingerprint density at radius 3 is 1.22 bits per heavy atom. The number of fused-ring (bicyclic) bond motifs is 2. The first-order valence-electron chi connectivity index (χ1n) is 9.93. The van der Waals surface area contributed by atoms with Crippen LogP contribution in [-0.2, 0) is 23.3 Å². The Balaban J connectivity index is -0.000000437. The summed E-state index contributed by atoms with van der Waals surface area (Å²) in [7, 11) is 0. The summed E-state index contributed by atoms with van der Waals surface area (Å²) in [5.41, 5.74) is 5.66. The third-order valence-electron chi connectivity index (χ3n) is 5.32. The predicted octanol–water partition coefficient (Wildman–Crippen LogP) is 9.34. The molecule has 0 bridgehead atoms. The summed E-state index contributed by atoms with van der Waals surface area (Å²) in [5, 5.41) is 5.57. The number of aryl methyl sites for hydroxylation is 2. The number of rotatable bonds is 2. The van der Waals surface area contributed by atoms with Crippen molar-refractivity contribution in [1.29, 1.82) is 0 Å². The van der Waals surface area contributed by atoms with Crippen LogP contribution in [0.4, 0.5) is 0 Å². The van der Waals surface area contributed by atoms with E-state index in [1.54, 1.807) is 0 Å². The zero-order chi connectivity index (χ0) is 20.8. The van der Waals surface area contributed by atoms with Crippen molar-refractivity contribution in [2.24, 2.45) is 0 Å². The number of hydrogen-bond donors (Lipinski definition) is 0. The van der Waals surface area contributed by atoms with Gasteiger partial charge in [0.1, 0.15) is 0 Å². The van der Waals surface area contributed by atoms with Gasteiger partial charge in [-0.15, -0.1) is 93.9 Å². The topological polar surface area (TPSA) is 0 Å². The molecular weight excluding hydrogens is 527 g/mol. The molecule has 0 saturated heterocycles. The number of halogens is 2. The van der Waals surface area contributed by atoms with Gasteiger partial charge < -0.3 is 14.9 Å². The van der Waals surface area contributed by atoms with E-state index in [0.717, 1.165) is 0 Å². The summed E-state index contributed by atoms with van der Waals surface area (Å²) in [6.07, 6.45) is 0. The van der Waals surface area contributed by atoms with E-state index in [0.29, 0.717) is 11.8 Å². The SMILES string of the molecule is Cc1cccc2[cH-]c(C(C)C)cc12.Cc1cccc2[cH-]c(C(C)C)cc12.Cl.Cl.[CH3-].[CH3-].[Si]=[Zr]. The summed E-state index contributed by atoms with van der Waals surface area (Å²) in [6, 6.07) is 22.2. The van der Waals surface area contributed by atoms with Crippen molar-refractivity contribution in [3.63, 3.8) is 0 Å². The Bertz CT molecular complexity index is 960. The molecule has 2 radical (unpaired) electrons. The minimum absolute atomic E-state index is 0. The van der Waals surface area contributed by atoms with Crippen molar-refractivity contribution >= 4 is 53.2 Å². The quantitative estimate of drug-likeness (QED) is 0.168. The van der Waals surface area contributed by atoms with Gasteiger partial charge in [0, 0.05) is 0 Å². The third kappa shape index (κ3) is 8.94. The monoisotopic (exact) mass is 562 g/mol. The van der Waals surface area contributed by atoms with E-state index in [1.165, 1.54) is 67.1 Å². The van der Waals surface area contributed by atoms with Gasteiger partial charge in [0.15, 0.2) is 0 Å². The molecule has 0 aliphatic heterocycles. The van der Waals surface area contributed by atoms with Crippen molar-refractivity contribution in [2.45, 2.75) is 53.4 Å². The fourth-order valence-corrected chi connectivity index (χ4v) is 3.50. The van der Waals surface area contributed by atoms with E-state index in [4.69, 9.17) is 0 Å². The molecule has 0 heterocycles. The molecule has 0 aliphatic rings. The maximum absolute atomic E-state index is 3.06. The van der Waals surface area contributed by atoms with Crippen molar-refractivity contribution in [1.82, 2.24) is 0 Å². The fraction of sp³-hybridized carbons (Fsp3) is 0.286. The van der Waals surface area contributed by atoms with Crippen molar-refractivity contribution in [2.75, 3.05) is 0 Å². The molecule has 0 amide bonds. The van der Waals surface area contributed by atoms with Crippen LogP contribution in [0.1, 0.15) is 61.8 Å². The molecule has 32 heavy (non-hydrogen) atoms. The molecule has 4 aromatic rings. The standard InChI is InChI=1S/2C13H15.2CH3.2ClH.Si.Zr/c2*1-9(2)12-7-11-6-4-5-10(3)13(11)8-12;;;;;;/h2*4-9H,1-3H3;2*1H3;2*1H;;/q4*-1;;;;. The Morgan fingerprint density at radius 1 is 0.656 bits per heavy atom. The van der Waals surface area contributed by atoms with Crippen molar-refractivity contribution in [3.8, 4) is 0 Å². The Morgan fingerprint density at radius 2 is 0.969 bits per heavy atom. The van der Waals surface area contributed by atoms with Gasteiger partial charge in [0.05, 0.1) is 0 Å². The molecule has 4 rings (SSSR count). The third-order valence-corrected chi connectivity index (χ3v) is 5.32. The molecular formula is C28H38Cl2SiZr-4. The summed E-state index contributed by atoms with van der Waals surface area (Å²) in [6.45, 7) is 16.4. The van der Waals surface area contributed by atoms with Gasteiger partial charge in [-0.05, 0) is 25.7 Å². The van der Waals surface area contributed by atoms with Crippen LogP contribution in [0, 0.1) is 28.7 Å². The zero-order valence-corrected chi connectivity index (χ0v) is 25.8. The molecule has 176 valence electrons. The van der Waals surface area contributed by atoms with Crippen LogP contribution in [0.3, 0.4) is 0 Å². The van der Waals surface area contributed by atoms with Crippen LogP contribution in [0.25, 0.3) is 21.5 Å². The molecule has 4 heteroatoms. The molecule has 0 N–H and O–H groups in total. The van der Waals surface area contributed by atoms with Crippen LogP contribution in [0.15, 0.2) is 60.7 Å². The second-order valence-corrected chi connectivity index (χ2v) is 8.04. The molecule has 0 atom stereocenters. The molecule has 0 aromatic heterocycles. The van der Waals surface area contributed by atoms with Crippen LogP contribution in [0.5, 0.6) is 0 Å². The molecule has 4 aromatic carbocycles.